The van der Waals surface area contributed by atoms with Crippen LogP contribution in [0.25, 0.3) is 17.2 Å². The summed E-state index contributed by atoms with van der Waals surface area (Å²) in [6, 6.07) is 20.5. The Bertz CT molecular complexity index is 1390. The van der Waals surface area contributed by atoms with Crippen LogP contribution in [0.4, 0.5) is 9.18 Å². The Morgan fingerprint density at radius 2 is 1.59 bits per heavy atom. The molecule has 0 fully saturated rings. The summed E-state index contributed by atoms with van der Waals surface area (Å²) in [7, 11) is -3.28. The fourth-order valence-electron chi connectivity index (χ4n) is 3.97. The van der Waals surface area contributed by atoms with Crippen molar-refractivity contribution in [3.8, 4) is 0 Å². The minimum atomic E-state index is -3.28. The van der Waals surface area contributed by atoms with Gasteiger partial charge in [-0.2, -0.15) is 0 Å². The quantitative estimate of drug-likeness (QED) is 0.522. The molecule has 0 radical (unpaired) electrons. The Hall–Kier alpha value is -3.71. The summed E-state index contributed by atoms with van der Waals surface area (Å²) in [5.41, 5.74) is 6.09. The first-order valence-corrected chi connectivity index (χ1v) is 12.7. The van der Waals surface area contributed by atoms with Gasteiger partial charge in [0.05, 0.1) is 4.90 Å². The molecule has 34 heavy (non-hydrogen) atoms. The first-order valence-electron chi connectivity index (χ1n) is 10.8. The number of hydrogen-bond donors (Lipinski definition) is 2. The van der Waals surface area contributed by atoms with E-state index >= 15 is 0 Å². The standard InChI is InChI=1S/C27H25FN2O3S/c1-18-24(14-19-8-11-22(12-9-19)34(2,32)33)23-13-10-21(28)15-25(23)26(18)17-30-27(31)29-16-20-6-4-3-5-7-20/h3-15H,16-17H2,1-2H3,(H2,29,30,31). The molecule has 0 bridgehead atoms. The van der Waals surface area contributed by atoms with E-state index in [1.807, 2.05) is 43.3 Å². The van der Waals surface area contributed by atoms with Crippen molar-refractivity contribution in [3.05, 3.63) is 106 Å². The first kappa shape index (κ1) is 23.4. The van der Waals surface area contributed by atoms with Crippen LogP contribution in [0.15, 0.2) is 83.3 Å². The normalized spacial score (nSPS) is 14.3. The molecule has 1 aliphatic rings. The molecule has 1 aliphatic carbocycles. The van der Waals surface area contributed by atoms with Gasteiger partial charge in [-0.05, 0) is 76.2 Å². The molecule has 3 aromatic rings. The van der Waals surface area contributed by atoms with Gasteiger partial charge in [-0.3, -0.25) is 0 Å². The van der Waals surface area contributed by atoms with Crippen LogP contribution < -0.4 is 10.6 Å². The fourth-order valence-corrected chi connectivity index (χ4v) is 4.60. The van der Waals surface area contributed by atoms with Crippen LogP contribution in [-0.2, 0) is 16.4 Å². The van der Waals surface area contributed by atoms with Gasteiger partial charge in [0.25, 0.3) is 0 Å². The van der Waals surface area contributed by atoms with E-state index in [1.165, 1.54) is 18.4 Å². The van der Waals surface area contributed by atoms with E-state index in [9.17, 15) is 17.6 Å². The number of benzene rings is 3. The lowest BCUT2D eigenvalue weighted by molar-refractivity contribution is 0.241. The minimum absolute atomic E-state index is 0.243. The third-order valence-electron chi connectivity index (χ3n) is 5.79. The first-order chi connectivity index (χ1) is 16.2. The number of carbonyl (C=O) groups is 1. The Morgan fingerprint density at radius 1 is 0.912 bits per heavy atom. The summed E-state index contributed by atoms with van der Waals surface area (Å²) in [6.45, 7) is 2.59. The highest BCUT2D eigenvalue weighted by molar-refractivity contribution is 7.90. The van der Waals surface area contributed by atoms with Crippen LogP contribution in [0.1, 0.15) is 29.2 Å². The van der Waals surface area contributed by atoms with Gasteiger partial charge < -0.3 is 10.6 Å². The fraction of sp³-hybridized carbons (Fsp3) is 0.148. The number of fused-ring (bicyclic) bond motifs is 1. The number of hydrogen-bond acceptors (Lipinski definition) is 3. The summed E-state index contributed by atoms with van der Waals surface area (Å²) >= 11 is 0. The van der Waals surface area contributed by atoms with Crippen molar-refractivity contribution in [1.82, 2.24) is 10.6 Å². The largest absolute Gasteiger partial charge is 0.334 e. The molecule has 0 unspecified atom stereocenters. The van der Waals surface area contributed by atoms with Crippen molar-refractivity contribution >= 4 is 33.1 Å². The molecular weight excluding hydrogens is 451 g/mol. The van der Waals surface area contributed by atoms with E-state index in [1.54, 1.807) is 30.3 Å². The smallest absolute Gasteiger partial charge is 0.315 e. The number of rotatable bonds is 6. The Balaban J connectivity index is 1.56. The monoisotopic (exact) mass is 476 g/mol. The van der Waals surface area contributed by atoms with E-state index in [-0.39, 0.29) is 23.3 Å². The number of carbonyl (C=O) groups excluding carboxylic acids is 1. The van der Waals surface area contributed by atoms with Crippen LogP contribution >= 0.6 is 0 Å². The molecule has 5 nitrogen and oxygen atoms in total. The molecule has 0 saturated heterocycles. The molecule has 0 atom stereocenters. The van der Waals surface area contributed by atoms with Crippen molar-refractivity contribution in [2.45, 2.75) is 18.4 Å². The lowest BCUT2D eigenvalue weighted by atomic mass is 10.0. The van der Waals surface area contributed by atoms with Crippen LogP contribution in [0.3, 0.4) is 0 Å². The maximum atomic E-state index is 14.1. The maximum absolute atomic E-state index is 14.1. The van der Waals surface area contributed by atoms with Gasteiger partial charge >= 0.3 is 6.03 Å². The average Bonchev–Trinajstić information content (AvgIpc) is 3.06. The van der Waals surface area contributed by atoms with Crippen molar-refractivity contribution < 1.29 is 17.6 Å². The summed E-state index contributed by atoms with van der Waals surface area (Å²) in [4.78, 5) is 12.6. The van der Waals surface area contributed by atoms with Crippen molar-refractivity contribution in [2.75, 3.05) is 12.8 Å². The second-order valence-electron chi connectivity index (χ2n) is 8.21. The van der Waals surface area contributed by atoms with Crippen LogP contribution in [0.2, 0.25) is 0 Å². The molecule has 2 N–H and O–H groups in total. The van der Waals surface area contributed by atoms with Crippen molar-refractivity contribution in [1.29, 1.82) is 0 Å². The van der Waals surface area contributed by atoms with Gasteiger partial charge in [-0.25, -0.2) is 17.6 Å². The summed E-state index contributed by atoms with van der Waals surface area (Å²) in [6.07, 6.45) is 3.12. The lowest BCUT2D eigenvalue weighted by Crippen LogP contribution is -2.35. The highest BCUT2D eigenvalue weighted by atomic mass is 32.2. The Kier molecular flexibility index (Phi) is 6.65. The number of amides is 2. The summed E-state index contributed by atoms with van der Waals surface area (Å²) < 4.78 is 37.6. The van der Waals surface area contributed by atoms with E-state index in [0.717, 1.165) is 39.0 Å². The average molecular weight is 477 g/mol. The Morgan fingerprint density at radius 3 is 2.26 bits per heavy atom. The van der Waals surface area contributed by atoms with Crippen LogP contribution in [0, 0.1) is 5.82 Å². The predicted octanol–water partition coefficient (Wildman–Crippen LogP) is 5.06. The van der Waals surface area contributed by atoms with E-state index in [2.05, 4.69) is 10.6 Å². The second kappa shape index (κ2) is 9.65. The highest BCUT2D eigenvalue weighted by Crippen LogP contribution is 2.42. The molecule has 4 rings (SSSR count). The van der Waals surface area contributed by atoms with E-state index in [4.69, 9.17) is 0 Å². The topological polar surface area (TPSA) is 75.3 Å². The molecule has 0 aromatic heterocycles. The van der Waals surface area contributed by atoms with E-state index < -0.39 is 9.84 Å². The number of urea groups is 1. The summed E-state index contributed by atoms with van der Waals surface area (Å²) in [5, 5.41) is 5.70. The van der Waals surface area contributed by atoms with Gasteiger partial charge in [-0.1, -0.05) is 48.5 Å². The molecule has 0 saturated carbocycles. The molecule has 0 spiro atoms. The second-order valence-corrected chi connectivity index (χ2v) is 10.2. The van der Waals surface area contributed by atoms with E-state index in [0.29, 0.717) is 6.54 Å². The molecule has 174 valence electrons. The SMILES string of the molecule is CC1=C(CNC(=O)NCc2ccccc2)c2cc(F)ccc2C1=Cc1ccc(S(C)(=O)=O)cc1. The molecular formula is C27H25FN2O3S. The molecule has 0 heterocycles. The lowest BCUT2D eigenvalue weighted by Gasteiger charge is -2.10. The predicted molar refractivity (Wildman–Crippen MR) is 133 cm³/mol. The summed E-state index contributed by atoms with van der Waals surface area (Å²) in [5.74, 6) is -0.351. The Labute approximate surface area is 198 Å². The maximum Gasteiger partial charge on any atom is 0.315 e. The zero-order valence-electron chi connectivity index (χ0n) is 18.9. The number of sulfone groups is 1. The van der Waals surface area contributed by atoms with Gasteiger partial charge in [0.1, 0.15) is 5.82 Å². The number of allylic oxidation sites excluding steroid dienone is 2. The number of halogens is 1. The molecule has 3 aromatic carbocycles. The van der Waals surface area contributed by atoms with Crippen molar-refractivity contribution in [2.24, 2.45) is 0 Å². The zero-order valence-corrected chi connectivity index (χ0v) is 19.7. The van der Waals surface area contributed by atoms with Crippen LogP contribution in [0.5, 0.6) is 0 Å². The van der Waals surface area contributed by atoms with Gasteiger partial charge in [0.2, 0.25) is 0 Å². The molecule has 7 heteroatoms. The minimum Gasteiger partial charge on any atom is -0.334 e. The molecule has 0 aliphatic heterocycles. The van der Waals surface area contributed by atoms with Gasteiger partial charge in [0, 0.05) is 19.3 Å². The third-order valence-corrected chi connectivity index (χ3v) is 6.92. The van der Waals surface area contributed by atoms with Crippen molar-refractivity contribution in [3.63, 3.8) is 0 Å². The van der Waals surface area contributed by atoms with Gasteiger partial charge in [-0.15, -0.1) is 0 Å². The highest BCUT2D eigenvalue weighted by Gasteiger charge is 2.24. The van der Waals surface area contributed by atoms with Crippen LogP contribution in [-0.4, -0.2) is 27.2 Å². The molecule has 2 amide bonds. The zero-order chi connectivity index (χ0) is 24.3. The van der Waals surface area contributed by atoms with Gasteiger partial charge in [0.15, 0.2) is 9.84 Å². The third kappa shape index (κ3) is 5.26. The number of nitrogens with one attached hydrogen (secondary N) is 2.